The lowest BCUT2D eigenvalue weighted by Gasteiger charge is -2.08. The van der Waals surface area contributed by atoms with Crippen LogP contribution in [0.3, 0.4) is 0 Å². The predicted molar refractivity (Wildman–Crippen MR) is 104 cm³/mol. The van der Waals surface area contributed by atoms with E-state index in [9.17, 15) is 9.18 Å². The minimum absolute atomic E-state index is 0.275. The summed E-state index contributed by atoms with van der Waals surface area (Å²) in [6.07, 6.45) is 1.56. The van der Waals surface area contributed by atoms with Crippen LogP contribution in [0.25, 0.3) is 16.9 Å². The fourth-order valence-corrected chi connectivity index (χ4v) is 2.93. The van der Waals surface area contributed by atoms with Crippen LogP contribution in [0.5, 0.6) is 0 Å². The summed E-state index contributed by atoms with van der Waals surface area (Å²) in [5, 5.41) is 7.44. The van der Waals surface area contributed by atoms with Gasteiger partial charge >= 0.3 is 0 Å². The standard InChI is InChI=1S/C22H18FN3O2/c1-15-4-2-5-18(12-15)26-21(22(27)24-14-19-6-3-11-28-19)13-20(25-26)16-7-9-17(23)10-8-16/h2-13H,14H2,1H3,(H,24,27). The van der Waals surface area contributed by atoms with Gasteiger partial charge in [-0.1, -0.05) is 12.1 Å². The van der Waals surface area contributed by atoms with Crippen LogP contribution < -0.4 is 5.32 Å². The largest absolute Gasteiger partial charge is 0.467 e. The number of hydrogen-bond acceptors (Lipinski definition) is 3. The van der Waals surface area contributed by atoms with Gasteiger partial charge in [-0.25, -0.2) is 9.07 Å². The molecule has 4 rings (SSSR count). The van der Waals surface area contributed by atoms with Gasteiger partial charge in [-0.3, -0.25) is 4.79 Å². The maximum absolute atomic E-state index is 13.3. The molecule has 0 fully saturated rings. The van der Waals surface area contributed by atoms with Gasteiger partial charge in [0.05, 0.1) is 24.2 Å². The van der Waals surface area contributed by atoms with Crippen LogP contribution in [-0.2, 0) is 6.54 Å². The topological polar surface area (TPSA) is 60.1 Å². The van der Waals surface area contributed by atoms with Crippen molar-refractivity contribution in [3.05, 3.63) is 95.8 Å². The molecule has 1 N–H and O–H groups in total. The third-order valence-electron chi connectivity index (χ3n) is 4.33. The van der Waals surface area contributed by atoms with Crippen molar-refractivity contribution in [1.29, 1.82) is 0 Å². The average molecular weight is 375 g/mol. The molecule has 2 aromatic heterocycles. The molecule has 0 aliphatic heterocycles. The lowest BCUT2D eigenvalue weighted by molar-refractivity contribution is 0.0940. The first-order valence-electron chi connectivity index (χ1n) is 8.84. The van der Waals surface area contributed by atoms with Crippen LogP contribution >= 0.6 is 0 Å². The minimum Gasteiger partial charge on any atom is -0.467 e. The molecule has 6 heteroatoms. The van der Waals surface area contributed by atoms with Crippen LogP contribution in [0.2, 0.25) is 0 Å². The van der Waals surface area contributed by atoms with Gasteiger partial charge in [0, 0.05) is 5.56 Å². The maximum atomic E-state index is 13.3. The fraction of sp³-hybridized carbons (Fsp3) is 0.0909. The number of rotatable bonds is 5. The Bertz CT molecular complexity index is 1100. The summed E-state index contributed by atoms with van der Waals surface area (Å²) in [5.74, 6) is 0.0609. The number of carbonyl (C=O) groups is 1. The van der Waals surface area contributed by atoms with E-state index in [0.717, 1.165) is 16.8 Å². The Morgan fingerprint density at radius 2 is 1.93 bits per heavy atom. The normalized spacial score (nSPS) is 10.8. The zero-order chi connectivity index (χ0) is 19.5. The first kappa shape index (κ1) is 17.7. The number of carbonyl (C=O) groups excluding carboxylic acids is 1. The Kier molecular flexibility index (Phi) is 4.76. The van der Waals surface area contributed by atoms with Crippen molar-refractivity contribution >= 4 is 5.91 Å². The number of aromatic nitrogens is 2. The molecule has 0 saturated carbocycles. The second-order valence-electron chi connectivity index (χ2n) is 6.43. The fourth-order valence-electron chi connectivity index (χ4n) is 2.93. The molecule has 0 unspecified atom stereocenters. The molecule has 140 valence electrons. The lowest BCUT2D eigenvalue weighted by Crippen LogP contribution is -2.25. The molecule has 1 amide bonds. The van der Waals surface area contributed by atoms with Gasteiger partial charge in [-0.05, 0) is 67.1 Å². The van der Waals surface area contributed by atoms with E-state index in [1.165, 1.54) is 12.1 Å². The number of aryl methyl sites for hydroxylation is 1. The minimum atomic E-state index is -0.321. The van der Waals surface area contributed by atoms with E-state index in [1.807, 2.05) is 31.2 Å². The van der Waals surface area contributed by atoms with Gasteiger partial charge in [-0.2, -0.15) is 5.10 Å². The monoisotopic (exact) mass is 375 g/mol. The van der Waals surface area contributed by atoms with Gasteiger partial charge in [-0.15, -0.1) is 0 Å². The third-order valence-corrected chi connectivity index (χ3v) is 4.33. The second-order valence-corrected chi connectivity index (χ2v) is 6.43. The Morgan fingerprint density at radius 3 is 2.64 bits per heavy atom. The highest BCUT2D eigenvalue weighted by Gasteiger charge is 2.18. The van der Waals surface area contributed by atoms with Gasteiger partial charge in [0.1, 0.15) is 17.3 Å². The summed E-state index contributed by atoms with van der Waals surface area (Å²) in [7, 11) is 0. The van der Waals surface area contributed by atoms with Crippen molar-refractivity contribution in [2.24, 2.45) is 0 Å². The zero-order valence-corrected chi connectivity index (χ0v) is 15.2. The van der Waals surface area contributed by atoms with Gasteiger partial charge in [0.25, 0.3) is 5.91 Å². The molecular formula is C22H18FN3O2. The Morgan fingerprint density at radius 1 is 1.11 bits per heavy atom. The van der Waals surface area contributed by atoms with Crippen LogP contribution in [0.15, 0.2) is 77.4 Å². The van der Waals surface area contributed by atoms with Crippen LogP contribution in [0, 0.1) is 12.7 Å². The van der Waals surface area contributed by atoms with Gasteiger partial charge in [0.2, 0.25) is 0 Å². The van der Waals surface area contributed by atoms with E-state index in [4.69, 9.17) is 4.42 Å². The average Bonchev–Trinajstić information content (AvgIpc) is 3.37. The highest BCUT2D eigenvalue weighted by Crippen LogP contribution is 2.23. The van der Waals surface area contributed by atoms with Crippen molar-refractivity contribution in [2.45, 2.75) is 13.5 Å². The zero-order valence-electron chi connectivity index (χ0n) is 15.2. The van der Waals surface area contributed by atoms with Crippen LogP contribution in [0.1, 0.15) is 21.8 Å². The highest BCUT2D eigenvalue weighted by molar-refractivity contribution is 5.94. The number of nitrogens with zero attached hydrogens (tertiary/aromatic N) is 2. The van der Waals surface area contributed by atoms with E-state index in [0.29, 0.717) is 17.1 Å². The molecule has 0 bridgehead atoms. The summed E-state index contributed by atoms with van der Waals surface area (Å²) in [6, 6.07) is 19.0. The molecule has 0 atom stereocenters. The van der Waals surface area contributed by atoms with E-state index >= 15 is 0 Å². The number of halogens is 1. The predicted octanol–water partition coefficient (Wildman–Crippen LogP) is 4.51. The summed E-state index contributed by atoms with van der Waals surface area (Å²) < 4.78 is 20.1. The molecule has 4 aromatic rings. The molecule has 5 nitrogen and oxygen atoms in total. The first-order valence-corrected chi connectivity index (χ1v) is 8.84. The maximum Gasteiger partial charge on any atom is 0.270 e. The Balaban J connectivity index is 1.72. The Labute approximate surface area is 161 Å². The summed E-state index contributed by atoms with van der Waals surface area (Å²) in [5.41, 5.74) is 3.53. The number of amides is 1. The SMILES string of the molecule is Cc1cccc(-n2nc(-c3ccc(F)cc3)cc2C(=O)NCc2ccco2)c1. The molecule has 0 aliphatic carbocycles. The quantitative estimate of drug-likeness (QED) is 0.558. The number of benzene rings is 2. The summed E-state index contributed by atoms with van der Waals surface area (Å²) in [6.45, 7) is 2.25. The highest BCUT2D eigenvalue weighted by atomic mass is 19.1. The Hall–Kier alpha value is -3.67. The molecule has 0 aliphatic rings. The molecule has 0 saturated heterocycles. The van der Waals surface area contributed by atoms with Crippen molar-refractivity contribution < 1.29 is 13.6 Å². The molecule has 0 spiro atoms. The van der Waals surface area contributed by atoms with Crippen molar-refractivity contribution in [2.75, 3.05) is 0 Å². The van der Waals surface area contributed by atoms with Crippen LogP contribution in [-0.4, -0.2) is 15.7 Å². The number of hydrogen-bond donors (Lipinski definition) is 1. The smallest absolute Gasteiger partial charge is 0.270 e. The van der Waals surface area contributed by atoms with Crippen LogP contribution in [0.4, 0.5) is 4.39 Å². The van der Waals surface area contributed by atoms with Crippen molar-refractivity contribution in [3.63, 3.8) is 0 Å². The number of furan rings is 1. The van der Waals surface area contributed by atoms with Crippen molar-refractivity contribution in [3.8, 4) is 16.9 Å². The van der Waals surface area contributed by atoms with Crippen molar-refractivity contribution in [1.82, 2.24) is 15.1 Å². The van der Waals surface area contributed by atoms with E-state index in [-0.39, 0.29) is 18.3 Å². The van der Waals surface area contributed by atoms with E-state index in [1.54, 1.807) is 41.3 Å². The molecule has 0 radical (unpaired) electrons. The van der Waals surface area contributed by atoms with Gasteiger partial charge < -0.3 is 9.73 Å². The summed E-state index contributed by atoms with van der Waals surface area (Å²) in [4.78, 5) is 12.8. The molecule has 2 heterocycles. The van der Waals surface area contributed by atoms with Gasteiger partial charge in [0.15, 0.2) is 0 Å². The lowest BCUT2D eigenvalue weighted by atomic mass is 10.1. The number of nitrogens with one attached hydrogen (secondary N) is 1. The molecule has 2 aromatic carbocycles. The van der Waals surface area contributed by atoms with E-state index in [2.05, 4.69) is 10.4 Å². The first-order chi connectivity index (χ1) is 13.6. The van der Waals surface area contributed by atoms with E-state index < -0.39 is 0 Å². The molecular weight excluding hydrogens is 357 g/mol. The third kappa shape index (κ3) is 3.71. The second kappa shape index (κ2) is 7.52. The summed E-state index contributed by atoms with van der Waals surface area (Å²) >= 11 is 0. The molecule has 28 heavy (non-hydrogen) atoms.